The summed E-state index contributed by atoms with van der Waals surface area (Å²) in [6, 6.07) is 6.71. The number of hydrogen-bond acceptors (Lipinski definition) is 3. The minimum Gasteiger partial charge on any atom is -0.434 e. The summed E-state index contributed by atoms with van der Waals surface area (Å²) in [5, 5.41) is 7.31. The van der Waals surface area contributed by atoms with Gasteiger partial charge in [0.15, 0.2) is 11.6 Å². The normalized spacial score (nSPS) is 16.3. The van der Waals surface area contributed by atoms with Crippen molar-refractivity contribution in [2.24, 2.45) is 0 Å². The summed E-state index contributed by atoms with van der Waals surface area (Å²) in [6.45, 7) is -1.67. The van der Waals surface area contributed by atoms with E-state index in [2.05, 4.69) is 20.7 Å². The summed E-state index contributed by atoms with van der Waals surface area (Å²) < 4.78 is 56.5. The van der Waals surface area contributed by atoms with Crippen molar-refractivity contribution in [1.82, 2.24) is 10.6 Å². The first-order valence-corrected chi connectivity index (χ1v) is 8.34. The predicted octanol–water partition coefficient (Wildman–Crippen LogP) is 3.83. The molecular weight excluding hydrogens is 394 g/mol. The molecular formula is C19H15F4N3O3. The molecule has 6 nitrogen and oxygen atoms in total. The van der Waals surface area contributed by atoms with Crippen molar-refractivity contribution in [2.75, 3.05) is 5.32 Å². The standard InChI is InChI=1S/C19H15F4N3O3/c1-9-15(17(27)25-10-6-7-12(20)13(21)8-10)16(26-19(28)24-9)11-4-2-3-5-14(11)29-18(22)23/h2-8,16,18H,1H3,(H,25,27)(H2,24,26,28)/t16-/m1/s1. The average Bonchev–Trinajstić information content (AvgIpc) is 2.64. The van der Waals surface area contributed by atoms with Crippen molar-refractivity contribution in [3.63, 3.8) is 0 Å². The first kappa shape index (κ1) is 20.2. The van der Waals surface area contributed by atoms with Crippen LogP contribution >= 0.6 is 0 Å². The van der Waals surface area contributed by atoms with Crippen LogP contribution in [0.1, 0.15) is 18.5 Å². The first-order valence-electron chi connectivity index (χ1n) is 8.34. The molecule has 0 aliphatic carbocycles. The molecule has 0 bridgehead atoms. The maximum absolute atomic E-state index is 13.4. The number of carbonyl (C=O) groups is 2. The lowest BCUT2D eigenvalue weighted by Gasteiger charge is -2.29. The number of urea groups is 1. The Balaban J connectivity index is 1.98. The number of alkyl halides is 2. The van der Waals surface area contributed by atoms with E-state index >= 15 is 0 Å². The zero-order valence-corrected chi connectivity index (χ0v) is 14.9. The summed E-state index contributed by atoms with van der Waals surface area (Å²) in [6.07, 6.45) is 0. The molecule has 3 N–H and O–H groups in total. The highest BCUT2D eigenvalue weighted by Crippen LogP contribution is 2.34. The molecule has 3 rings (SSSR count). The lowest BCUT2D eigenvalue weighted by Crippen LogP contribution is -2.46. The SMILES string of the molecule is CC1=C(C(=O)Nc2ccc(F)c(F)c2)[C@@H](c2ccccc2OC(F)F)NC(=O)N1. The van der Waals surface area contributed by atoms with Crippen LogP contribution in [-0.4, -0.2) is 18.5 Å². The summed E-state index contributed by atoms with van der Waals surface area (Å²) in [7, 11) is 0. The molecule has 0 unspecified atom stereocenters. The fourth-order valence-corrected chi connectivity index (χ4v) is 2.92. The molecule has 0 saturated carbocycles. The molecule has 0 aromatic heterocycles. The van der Waals surface area contributed by atoms with E-state index in [-0.39, 0.29) is 28.3 Å². The minimum atomic E-state index is -3.11. The molecule has 1 heterocycles. The summed E-state index contributed by atoms with van der Waals surface area (Å²) in [5.41, 5.74) is 0.240. The quantitative estimate of drug-likeness (QED) is 0.657. The van der Waals surface area contributed by atoms with Gasteiger partial charge in [-0.25, -0.2) is 13.6 Å². The van der Waals surface area contributed by atoms with Crippen LogP contribution in [0.15, 0.2) is 53.7 Å². The highest BCUT2D eigenvalue weighted by Gasteiger charge is 2.33. The van der Waals surface area contributed by atoms with Crippen LogP contribution in [0.2, 0.25) is 0 Å². The molecule has 0 saturated heterocycles. The van der Waals surface area contributed by atoms with Crippen molar-refractivity contribution < 1.29 is 31.9 Å². The third-order valence-electron chi connectivity index (χ3n) is 4.14. The van der Waals surface area contributed by atoms with Gasteiger partial charge in [-0.1, -0.05) is 18.2 Å². The van der Waals surface area contributed by atoms with Crippen molar-refractivity contribution in [3.05, 3.63) is 70.9 Å². The fraction of sp³-hybridized carbons (Fsp3) is 0.158. The Morgan fingerprint density at radius 1 is 1.14 bits per heavy atom. The van der Waals surface area contributed by atoms with Crippen LogP contribution in [0, 0.1) is 11.6 Å². The number of carbonyl (C=O) groups excluding carboxylic acids is 2. The van der Waals surface area contributed by atoms with Crippen LogP contribution in [0.25, 0.3) is 0 Å². The van der Waals surface area contributed by atoms with Gasteiger partial charge in [-0.05, 0) is 25.1 Å². The number of benzene rings is 2. The fourth-order valence-electron chi connectivity index (χ4n) is 2.92. The number of ether oxygens (including phenoxy) is 1. The molecule has 0 radical (unpaired) electrons. The largest absolute Gasteiger partial charge is 0.434 e. The van der Waals surface area contributed by atoms with Crippen LogP contribution in [0.5, 0.6) is 5.75 Å². The molecule has 0 fully saturated rings. The number of para-hydroxylation sites is 1. The second kappa shape index (κ2) is 8.21. The number of halogens is 4. The van der Waals surface area contributed by atoms with Gasteiger partial charge in [0.1, 0.15) is 5.75 Å². The third-order valence-corrected chi connectivity index (χ3v) is 4.14. The van der Waals surface area contributed by atoms with Gasteiger partial charge in [0.2, 0.25) is 0 Å². The lowest BCUT2D eigenvalue weighted by molar-refractivity contribution is -0.113. The second-order valence-electron chi connectivity index (χ2n) is 6.07. The zero-order valence-electron chi connectivity index (χ0n) is 14.9. The van der Waals surface area contributed by atoms with Gasteiger partial charge >= 0.3 is 12.6 Å². The lowest BCUT2D eigenvalue weighted by atomic mass is 9.94. The third kappa shape index (κ3) is 4.48. The van der Waals surface area contributed by atoms with Gasteiger partial charge in [0.25, 0.3) is 5.91 Å². The number of hydrogen-bond donors (Lipinski definition) is 3. The second-order valence-corrected chi connectivity index (χ2v) is 6.07. The summed E-state index contributed by atoms with van der Waals surface area (Å²) in [5.74, 6) is -3.21. The van der Waals surface area contributed by atoms with Crippen molar-refractivity contribution in [3.8, 4) is 5.75 Å². The number of allylic oxidation sites excluding steroid dienone is 1. The van der Waals surface area contributed by atoms with E-state index in [9.17, 15) is 27.2 Å². The Hall–Kier alpha value is -3.56. The summed E-state index contributed by atoms with van der Waals surface area (Å²) in [4.78, 5) is 24.8. The van der Waals surface area contributed by atoms with Gasteiger partial charge in [0.05, 0.1) is 11.6 Å². The highest BCUT2D eigenvalue weighted by atomic mass is 19.3. The van der Waals surface area contributed by atoms with E-state index in [1.54, 1.807) is 0 Å². The molecule has 152 valence electrons. The molecule has 10 heteroatoms. The van der Waals surface area contributed by atoms with Crippen LogP contribution in [0.4, 0.5) is 28.0 Å². The topological polar surface area (TPSA) is 79.5 Å². The van der Waals surface area contributed by atoms with Gasteiger partial charge < -0.3 is 20.7 Å². The van der Waals surface area contributed by atoms with Crippen LogP contribution in [0.3, 0.4) is 0 Å². The maximum atomic E-state index is 13.4. The number of anilines is 1. The first-order chi connectivity index (χ1) is 13.8. The molecule has 2 aromatic rings. The molecule has 0 spiro atoms. The van der Waals surface area contributed by atoms with Crippen molar-refractivity contribution >= 4 is 17.6 Å². The van der Waals surface area contributed by atoms with E-state index < -0.39 is 36.2 Å². The Morgan fingerprint density at radius 3 is 2.55 bits per heavy atom. The van der Waals surface area contributed by atoms with Crippen molar-refractivity contribution in [1.29, 1.82) is 0 Å². The molecule has 29 heavy (non-hydrogen) atoms. The Kier molecular flexibility index (Phi) is 5.71. The van der Waals surface area contributed by atoms with E-state index in [0.717, 1.165) is 18.2 Å². The van der Waals surface area contributed by atoms with E-state index in [0.29, 0.717) is 0 Å². The molecule has 2 aromatic carbocycles. The molecule has 1 aliphatic rings. The Morgan fingerprint density at radius 2 is 1.86 bits per heavy atom. The number of amides is 3. The van der Waals surface area contributed by atoms with Gasteiger partial charge in [-0.3, -0.25) is 4.79 Å². The van der Waals surface area contributed by atoms with Gasteiger partial charge in [-0.15, -0.1) is 0 Å². The van der Waals surface area contributed by atoms with Gasteiger partial charge in [0, 0.05) is 23.0 Å². The Labute approximate surface area is 162 Å². The van der Waals surface area contributed by atoms with Crippen LogP contribution in [-0.2, 0) is 4.79 Å². The zero-order chi connectivity index (χ0) is 21.1. The van der Waals surface area contributed by atoms with E-state index in [1.807, 2.05) is 0 Å². The van der Waals surface area contributed by atoms with Gasteiger partial charge in [-0.2, -0.15) is 8.78 Å². The molecule has 1 aliphatic heterocycles. The minimum absolute atomic E-state index is 0.0142. The maximum Gasteiger partial charge on any atom is 0.387 e. The number of nitrogens with one attached hydrogen (secondary N) is 3. The molecule has 3 amide bonds. The van der Waals surface area contributed by atoms with Crippen molar-refractivity contribution in [2.45, 2.75) is 19.6 Å². The smallest absolute Gasteiger partial charge is 0.387 e. The van der Waals surface area contributed by atoms with E-state index in [1.165, 1.54) is 31.2 Å². The molecule has 1 atom stereocenters. The van der Waals surface area contributed by atoms with Crippen LogP contribution < -0.4 is 20.7 Å². The monoisotopic (exact) mass is 409 g/mol. The Bertz CT molecular complexity index is 994. The summed E-state index contributed by atoms with van der Waals surface area (Å²) >= 11 is 0. The van der Waals surface area contributed by atoms with E-state index in [4.69, 9.17) is 0 Å². The predicted molar refractivity (Wildman–Crippen MR) is 95.2 cm³/mol. The number of rotatable bonds is 5. The highest BCUT2D eigenvalue weighted by molar-refractivity contribution is 6.06. The average molecular weight is 409 g/mol.